The lowest BCUT2D eigenvalue weighted by molar-refractivity contribution is 0.107. The van der Waals surface area contributed by atoms with Gasteiger partial charge in [0, 0.05) is 18.7 Å². The first-order valence-electron chi connectivity index (χ1n) is 6.99. The first kappa shape index (κ1) is 19.0. The lowest BCUT2D eigenvalue weighted by Gasteiger charge is -2.17. The van der Waals surface area contributed by atoms with Crippen molar-refractivity contribution < 1.29 is 17.9 Å². The standard InChI is InChI=1S/C16H17Cl2NO4S/c1-22-13-5-3-4-11(8-13)15(23-2)10-19-24(20,21)16-9-12(17)6-7-14(16)18/h3-9,15,19H,10H2,1-2H3/t15-/m0/s1. The van der Waals surface area contributed by atoms with Crippen LogP contribution in [-0.2, 0) is 14.8 Å². The second-order valence-electron chi connectivity index (χ2n) is 4.93. The zero-order chi connectivity index (χ0) is 17.7. The summed E-state index contributed by atoms with van der Waals surface area (Å²) in [5, 5.41) is 0.387. The fourth-order valence-corrected chi connectivity index (χ4v) is 3.92. The van der Waals surface area contributed by atoms with Gasteiger partial charge in [-0.3, -0.25) is 0 Å². The molecule has 2 aromatic rings. The molecule has 5 nitrogen and oxygen atoms in total. The average molecular weight is 390 g/mol. The fraction of sp³-hybridized carbons (Fsp3) is 0.250. The molecule has 130 valence electrons. The van der Waals surface area contributed by atoms with E-state index in [1.165, 1.54) is 25.3 Å². The zero-order valence-corrected chi connectivity index (χ0v) is 15.5. The van der Waals surface area contributed by atoms with E-state index in [1.54, 1.807) is 19.2 Å². The summed E-state index contributed by atoms with van der Waals surface area (Å²) in [6.07, 6.45) is -0.479. The highest BCUT2D eigenvalue weighted by molar-refractivity contribution is 7.89. The third-order valence-corrected chi connectivity index (χ3v) is 5.53. The Kier molecular flexibility index (Phi) is 6.48. The largest absolute Gasteiger partial charge is 0.497 e. The van der Waals surface area contributed by atoms with Crippen LogP contribution in [0.15, 0.2) is 47.4 Å². The van der Waals surface area contributed by atoms with Crippen LogP contribution in [0.2, 0.25) is 10.0 Å². The molecule has 0 amide bonds. The van der Waals surface area contributed by atoms with Gasteiger partial charge >= 0.3 is 0 Å². The minimum absolute atomic E-state index is 0.0366. The van der Waals surface area contributed by atoms with Crippen LogP contribution < -0.4 is 9.46 Å². The molecule has 0 saturated carbocycles. The summed E-state index contributed by atoms with van der Waals surface area (Å²) in [6, 6.07) is 11.5. The molecule has 0 spiro atoms. The smallest absolute Gasteiger partial charge is 0.242 e. The van der Waals surface area contributed by atoms with Gasteiger partial charge in [-0.25, -0.2) is 13.1 Å². The molecule has 0 aliphatic rings. The Bertz CT molecular complexity index is 811. The minimum atomic E-state index is -3.82. The Balaban J connectivity index is 2.18. The van der Waals surface area contributed by atoms with E-state index in [2.05, 4.69) is 4.72 Å². The van der Waals surface area contributed by atoms with Gasteiger partial charge in [-0.2, -0.15) is 0 Å². The fourth-order valence-electron chi connectivity index (χ4n) is 2.13. The van der Waals surface area contributed by atoms with E-state index in [-0.39, 0.29) is 21.5 Å². The molecule has 24 heavy (non-hydrogen) atoms. The number of halogens is 2. The predicted molar refractivity (Wildman–Crippen MR) is 94.4 cm³/mol. The van der Waals surface area contributed by atoms with Crippen molar-refractivity contribution in [2.75, 3.05) is 20.8 Å². The Morgan fingerprint density at radius 1 is 1.12 bits per heavy atom. The molecule has 1 N–H and O–H groups in total. The summed E-state index contributed by atoms with van der Waals surface area (Å²) in [5.74, 6) is 0.662. The van der Waals surface area contributed by atoms with Gasteiger partial charge in [0.2, 0.25) is 10.0 Å². The van der Waals surface area contributed by atoms with Crippen molar-refractivity contribution in [3.63, 3.8) is 0 Å². The molecule has 0 saturated heterocycles. The van der Waals surface area contributed by atoms with Crippen LogP contribution >= 0.6 is 23.2 Å². The first-order chi connectivity index (χ1) is 11.4. The molecule has 2 aromatic carbocycles. The van der Waals surface area contributed by atoms with Gasteiger partial charge in [0.1, 0.15) is 10.6 Å². The molecule has 0 aromatic heterocycles. The monoisotopic (exact) mass is 389 g/mol. The quantitative estimate of drug-likeness (QED) is 0.784. The molecular formula is C16H17Cl2NO4S. The van der Waals surface area contributed by atoms with Crippen LogP contribution in [0.3, 0.4) is 0 Å². The van der Waals surface area contributed by atoms with Crippen molar-refractivity contribution in [3.8, 4) is 5.75 Å². The van der Waals surface area contributed by atoms with E-state index in [4.69, 9.17) is 32.7 Å². The van der Waals surface area contributed by atoms with Crippen molar-refractivity contribution in [2.45, 2.75) is 11.0 Å². The van der Waals surface area contributed by atoms with Gasteiger partial charge in [0.05, 0.1) is 18.2 Å². The lowest BCUT2D eigenvalue weighted by Crippen LogP contribution is -2.29. The molecule has 1 atom stereocenters. The van der Waals surface area contributed by atoms with Gasteiger partial charge in [-0.1, -0.05) is 35.3 Å². The third-order valence-electron chi connectivity index (χ3n) is 3.39. The third kappa shape index (κ3) is 4.62. The summed E-state index contributed by atoms with van der Waals surface area (Å²) in [5.41, 5.74) is 0.789. The highest BCUT2D eigenvalue weighted by atomic mass is 35.5. The molecule has 0 fully saturated rings. The highest BCUT2D eigenvalue weighted by Crippen LogP contribution is 2.26. The molecule has 0 aliphatic carbocycles. The van der Waals surface area contributed by atoms with Gasteiger partial charge < -0.3 is 9.47 Å². The number of ether oxygens (including phenoxy) is 2. The topological polar surface area (TPSA) is 64.6 Å². The number of nitrogens with one attached hydrogen (secondary N) is 1. The number of sulfonamides is 1. The number of benzene rings is 2. The van der Waals surface area contributed by atoms with E-state index in [0.29, 0.717) is 5.75 Å². The maximum Gasteiger partial charge on any atom is 0.242 e. The molecular weight excluding hydrogens is 373 g/mol. The Labute approximate surface area is 151 Å². The summed E-state index contributed by atoms with van der Waals surface area (Å²) in [7, 11) is -0.755. The highest BCUT2D eigenvalue weighted by Gasteiger charge is 2.21. The van der Waals surface area contributed by atoms with Gasteiger partial charge in [-0.15, -0.1) is 0 Å². The van der Waals surface area contributed by atoms with Crippen LogP contribution in [0, 0.1) is 0 Å². The average Bonchev–Trinajstić information content (AvgIpc) is 2.57. The Morgan fingerprint density at radius 2 is 1.88 bits per heavy atom. The molecule has 0 radical (unpaired) electrons. The molecule has 0 aliphatic heterocycles. The summed E-state index contributed by atoms with van der Waals surface area (Å²) in [4.78, 5) is -0.0721. The van der Waals surface area contributed by atoms with Crippen molar-refractivity contribution in [2.24, 2.45) is 0 Å². The van der Waals surface area contributed by atoms with E-state index in [9.17, 15) is 8.42 Å². The normalized spacial score (nSPS) is 12.8. The predicted octanol–water partition coefficient (Wildman–Crippen LogP) is 3.67. The number of methoxy groups -OCH3 is 2. The molecule has 2 rings (SSSR count). The van der Waals surface area contributed by atoms with E-state index < -0.39 is 16.1 Å². The van der Waals surface area contributed by atoms with Gasteiger partial charge in [-0.05, 0) is 35.9 Å². The van der Waals surface area contributed by atoms with Crippen LogP contribution in [-0.4, -0.2) is 29.2 Å². The van der Waals surface area contributed by atoms with Crippen LogP contribution in [0.1, 0.15) is 11.7 Å². The minimum Gasteiger partial charge on any atom is -0.497 e. The molecule has 0 heterocycles. The van der Waals surface area contributed by atoms with E-state index >= 15 is 0 Å². The molecule has 0 bridgehead atoms. The van der Waals surface area contributed by atoms with Crippen molar-refractivity contribution in [1.29, 1.82) is 0 Å². The van der Waals surface area contributed by atoms with Crippen molar-refractivity contribution >= 4 is 33.2 Å². The van der Waals surface area contributed by atoms with Crippen LogP contribution in [0.5, 0.6) is 5.75 Å². The molecule has 0 unspecified atom stereocenters. The van der Waals surface area contributed by atoms with E-state index in [0.717, 1.165) is 5.56 Å². The number of hydrogen-bond acceptors (Lipinski definition) is 4. The first-order valence-corrected chi connectivity index (χ1v) is 9.22. The number of hydrogen-bond donors (Lipinski definition) is 1. The Hall–Kier alpha value is -1.31. The second kappa shape index (κ2) is 8.18. The van der Waals surface area contributed by atoms with Crippen LogP contribution in [0.4, 0.5) is 0 Å². The van der Waals surface area contributed by atoms with Crippen molar-refractivity contribution in [1.82, 2.24) is 4.72 Å². The molecule has 8 heteroatoms. The van der Waals surface area contributed by atoms with Crippen molar-refractivity contribution in [3.05, 3.63) is 58.1 Å². The summed E-state index contributed by atoms with van der Waals surface area (Å²) in [6.45, 7) is 0.0366. The van der Waals surface area contributed by atoms with Crippen LogP contribution in [0.25, 0.3) is 0 Å². The zero-order valence-electron chi connectivity index (χ0n) is 13.1. The Morgan fingerprint density at radius 3 is 2.54 bits per heavy atom. The summed E-state index contributed by atoms with van der Waals surface area (Å²) >= 11 is 11.8. The maximum absolute atomic E-state index is 12.4. The number of rotatable bonds is 7. The van der Waals surface area contributed by atoms with Gasteiger partial charge in [0.25, 0.3) is 0 Å². The SMILES string of the molecule is COc1cccc([C@H](CNS(=O)(=O)c2cc(Cl)ccc2Cl)OC)c1. The van der Waals surface area contributed by atoms with E-state index in [1.807, 2.05) is 12.1 Å². The maximum atomic E-state index is 12.4. The second-order valence-corrected chi connectivity index (χ2v) is 7.51. The van der Waals surface area contributed by atoms with Gasteiger partial charge in [0.15, 0.2) is 0 Å². The lowest BCUT2D eigenvalue weighted by atomic mass is 10.1. The summed E-state index contributed by atoms with van der Waals surface area (Å²) < 4.78 is 37.9.